The predicted octanol–water partition coefficient (Wildman–Crippen LogP) is 1.64. The quantitative estimate of drug-likeness (QED) is 0.919. The number of hydrogen-bond acceptors (Lipinski definition) is 3. The zero-order chi connectivity index (χ0) is 13.1. The number of carbonyl (C=O) groups is 1. The van der Waals surface area contributed by atoms with Crippen molar-refractivity contribution < 1.29 is 9.53 Å². The molecule has 2 rings (SSSR count). The van der Waals surface area contributed by atoms with Crippen LogP contribution in [-0.2, 0) is 16.1 Å². The first-order valence-electron chi connectivity index (χ1n) is 6.17. The van der Waals surface area contributed by atoms with E-state index in [2.05, 4.69) is 26.3 Å². The molecule has 1 amide bonds. The van der Waals surface area contributed by atoms with Gasteiger partial charge in [0.15, 0.2) is 0 Å². The monoisotopic (exact) mass is 315 g/mol. The smallest absolute Gasteiger partial charge is 0.242 e. The first-order valence-corrected chi connectivity index (χ1v) is 6.96. The van der Waals surface area contributed by atoms with Crippen molar-refractivity contribution in [2.75, 3.05) is 6.61 Å². The number of halogens is 1. The minimum Gasteiger partial charge on any atom is -0.376 e. The average Bonchev–Trinajstić information content (AvgIpc) is 2.94. The molecule has 0 aromatic carbocycles. The Balaban J connectivity index is 1.86. The molecule has 0 bridgehead atoms. The van der Waals surface area contributed by atoms with E-state index >= 15 is 0 Å². The highest BCUT2D eigenvalue weighted by Gasteiger charge is 2.23. The first kappa shape index (κ1) is 13.5. The van der Waals surface area contributed by atoms with Crippen LogP contribution in [0.2, 0.25) is 0 Å². The van der Waals surface area contributed by atoms with E-state index in [1.54, 1.807) is 10.9 Å². The van der Waals surface area contributed by atoms with Gasteiger partial charge in [-0.05, 0) is 42.6 Å². The predicted molar refractivity (Wildman–Crippen MR) is 71.2 cm³/mol. The summed E-state index contributed by atoms with van der Waals surface area (Å²) in [5.74, 6) is -0.0308. The summed E-state index contributed by atoms with van der Waals surface area (Å²) in [6.45, 7) is 4.96. The summed E-state index contributed by atoms with van der Waals surface area (Å²) < 4.78 is 8.15. The molecule has 1 aromatic heterocycles. The number of ether oxygens (including phenoxy) is 1. The molecular formula is C12H18BrN3O2. The summed E-state index contributed by atoms with van der Waals surface area (Å²) in [4.78, 5) is 11.9. The zero-order valence-electron chi connectivity index (χ0n) is 10.6. The van der Waals surface area contributed by atoms with Gasteiger partial charge in [-0.2, -0.15) is 5.10 Å². The van der Waals surface area contributed by atoms with Crippen molar-refractivity contribution in [3.63, 3.8) is 0 Å². The third-order valence-electron chi connectivity index (χ3n) is 3.25. The highest BCUT2D eigenvalue weighted by atomic mass is 79.9. The van der Waals surface area contributed by atoms with Crippen molar-refractivity contribution in [2.45, 2.75) is 45.4 Å². The fraction of sp³-hybridized carbons (Fsp3) is 0.667. The van der Waals surface area contributed by atoms with E-state index in [4.69, 9.17) is 4.74 Å². The van der Waals surface area contributed by atoms with Crippen LogP contribution in [0.3, 0.4) is 0 Å². The Hall–Kier alpha value is -0.880. The van der Waals surface area contributed by atoms with Crippen LogP contribution in [0.4, 0.5) is 0 Å². The van der Waals surface area contributed by atoms with Gasteiger partial charge in [-0.15, -0.1) is 0 Å². The van der Waals surface area contributed by atoms with E-state index in [0.717, 1.165) is 29.6 Å². The largest absolute Gasteiger partial charge is 0.376 e. The summed E-state index contributed by atoms with van der Waals surface area (Å²) in [5.41, 5.74) is 0.954. The Labute approximate surface area is 115 Å². The maximum absolute atomic E-state index is 11.9. The van der Waals surface area contributed by atoms with Crippen molar-refractivity contribution in [3.05, 3.63) is 16.4 Å². The van der Waals surface area contributed by atoms with Crippen LogP contribution in [0.5, 0.6) is 0 Å². The summed E-state index contributed by atoms with van der Waals surface area (Å²) in [6, 6.07) is 0.0549. The van der Waals surface area contributed by atoms with E-state index in [-0.39, 0.29) is 24.6 Å². The number of aromatic nitrogens is 2. The Bertz CT molecular complexity index is 427. The average molecular weight is 316 g/mol. The number of rotatable bonds is 4. The minimum atomic E-state index is -0.0308. The lowest BCUT2D eigenvalue weighted by molar-refractivity contribution is -0.123. The Morgan fingerprint density at radius 2 is 2.56 bits per heavy atom. The fourth-order valence-electron chi connectivity index (χ4n) is 2.11. The van der Waals surface area contributed by atoms with E-state index in [0.29, 0.717) is 0 Å². The van der Waals surface area contributed by atoms with E-state index < -0.39 is 0 Å². The molecule has 2 atom stereocenters. The van der Waals surface area contributed by atoms with Crippen LogP contribution in [0, 0.1) is 6.92 Å². The molecule has 1 saturated heterocycles. The third kappa shape index (κ3) is 3.11. The van der Waals surface area contributed by atoms with Gasteiger partial charge in [0.05, 0.1) is 28.5 Å². The molecule has 6 heteroatoms. The molecule has 1 fully saturated rings. The van der Waals surface area contributed by atoms with Crippen molar-refractivity contribution in [2.24, 2.45) is 0 Å². The van der Waals surface area contributed by atoms with Gasteiger partial charge < -0.3 is 10.1 Å². The van der Waals surface area contributed by atoms with Crippen molar-refractivity contribution in [1.29, 1.82) is 0 Å². The third-order valence-corrected chi connectivity index (χ3v) is 4.03. The summed E-state index contributed by atoms with van der Waals surface area (Å²) in [6.07, 6.45) is 3.95. The lowest BCUT2D eigenvalue weighted by Gasteiger charge is -2.20. The molecule has 0 saturated carbocycles. The molecule has 100 valence electrons. The molecule has 0 aliphatic carbocycles. The molecule has 1 aliphatic rings. The summed E-state index contributed by atoms with van der Waals surface area (Å²) >= 11 is 3.38. The molecule has 5 nitrogen and oxygen atoms in total. The molecule has 0 unspecified atom stereocenters. The van der Waals surface area contributed by atoms with Gasteiger partial charge in [0.25, 0.3) is 0 Å². The van der Waals surface area contributed by atoms with Crippen molar-refractivity contribution in [1.82, 2.24) is 15.1 Å². The molecular weight excluding hydrogens is 298 g/mol. The summed E-state index contributed by atoms with van der Waals surface area (Å²) in [7, 11) is 0. The normalized spacial score (nSPS) is 20.9. The maximum Gasteiger partial charge on any atom is 0.242 e. The highest BCUT2D eigenvalue weighted by molar-refractivity contribution is 9.10. The lowest BCUT2D eigenvalue weighted by atomic mass is 10.1. The van der Waals surface area contributed by atoms with Crippen LogP contribution in [0.15, 0.2) is 10.7 Å². The standard InChI is InChI=1S/C12H18BrN3O2/c1-8(11-4-3-5-18-11)15-12(17)7-16-9(2)10(13)6-14-16/h6,8,11H,3-5,7H2,1-2H3,(H,15,17)/t8-,11+/m0/s1. The number of amides is 1. The number of hydrogen-bond donors (Lipinski definition) is 1. The first-order chi connectivity index (χ1) is 8.58. The molecule has 1 aromatic rings. The molecule has 1 aliphatic heterocycles. The van der Waals surface area contributed by atoms with Crippen LogP contribution in [0.1, 0.15) is 25.5 Å². The molecule has 0 spiro atoms. The molecule has 18 heavy (non-hydrogen) atoms. The Morgan fingerprint density at radius 3 is 3.11 bits per heavy atom. The van der Waals surface area contributed by atoms with Crippen LogP contribution in [-0.4, -0.2) is 34.4 Å². The zero-order valence-corrected chi connectivity index (χ0v) is 12.2. The molecule has 2 heterocycles. The Kier molecular flexibility index (Phi) is 4.40. The van der Waals surface area contributed by atoms with E-state index in [1.807, 2.05) is 13.8 Å². The highest BCUT2D eigenvalue weighted by Crippen LogP contribution is 2.16. The topological polar surface area (TPSA) is 56.2 Å². The van der Waals surface area contributed by atoms with Gasteiger partial charge in [-0.1, -0.05) is 0 Å². The number of nitrogens with one attached hydrogen (secondary N) is 1. The second kappa shape index (κ2) is 5.84. The van der Waals surface area contributed by atoms with Crippen molar-refractivity contribution in [3.8, 4) is 0 Å². The van der Waals surface area contributed by atoms with Gasteiger partial charge in [0.1, 0.15) is 6.54 Å². The van der Waals surface area contributed by atoms with Gasteiger partial charge in [-0.3, -0.25) is 9.48 Å². The SMILES string of the molecule is Cc1c(Br)cnn1CC(=O)N[C@@H](C)[C@H]1CCCO1. The van der Waals surface area contributed by atoms with Gasteiger partial charge in [0, 0.05) is 6.61 Å². The van der Waals surface area contributed by atoms with Gasteiger partial charge >= 0.3 is 0 Å². The minimum absolute atomic E-state index is 0.0308. The van der Waals surface area contributed by atoms with E-state index in [1.165, 1.54) is 0 Å². The molecule has 0 radical (unpaired) electrons. The van der Waals surface area contributed by atoms with Crippen LogP contribution >= 0.6 is 15.9 Å². The second-order valence-electron chi connectivity index (χ2n) is 4.64. The second-order valence-corrected chi connectivity index (χ2v) is 5.50. The van der Waals surface area contributed by atoms with Gasteiger partial charge in [-0.25, -0.2) is 0 Å². The fourth-order valence-corrected chi connectivity index (χ4v) is 2.40. The molecule has 1 N–H and O–H groups in total. The van der Waals surface area contributed by atoms with Gasteiger partial charge in [0.2, 0.25) is 5.91 Å². The van der Waals surface area contributed by atoms with Crippen LogP contribution in [0.25, 0.3) is 0 Å². The van der Waals surface area contributed by atoms with E-state index in [9.17, 15) is 4.79 Å². The lowest BCUT2D eigenvalue weighted by Crippen LogP contribution is -2.42. The maximum atomic E-state index is 11.9. The Morgan fingerprint density at radius 1 is 1.78 bits per heavy atom. The van der Waals surface area contributed by atoms with Crippen LogP contribution < -0.4 is 5.32 Å². The summed E-state index contributed by atoms with van der Waals surface area (Å²) in [5, 5.41) is 7.10. The number of nitrogens with zero attached hydrogens (tertiary/aromatic N) is 2. The van der Waals surface area contributed by atoms with Crippen molar-refractivity contribution >= 4 is 21.8 Å². The number of carbonyl (C=O) groups excluding carboxylic acids is 1.